The van der Waals surface area contributed by atoms with Crippen molar-refractivity contribution in [1.82, 2.24) is 0 Å². The van der Waals surface area contributed by atoms with Crippen LogP contribution in [0, 0.1) is 0 Å². The molecule has 0 aliphatic heterocycles. The molecule has 0 aromatic carbocycles. The summed E-state index contributed by atoms with van der Waals surface area (Å²) in [5.41, 5.74) is 1.86. The second-order valence-corrected chi connectivity index (χ2v) is 9.81. The molecular weight excluding hydrogens is 251 g/mol. The lowest BCUT2D eigenvalue weighted by Crippen LogP contribution is -2.22. The Morgan fingerprint density at radius 2 is 1.19 bits per heavy atom. The van der Waals surface area contributed by atoms with Crippen LogP contribution in [0.1, 0.15) is 64.2 Å². The number of thiol groups is 1. The van der Waals surface area contributed by atoms with Crippen LogP contribution in [-0.2, 0) is 0 Å². The highest BCUT2D eigenvalue weighted by atomic mass is 32.1. The lowest BCUT2D eigenvalue weighted by atomic mass is 9.99. The van der Waals surface area contributed by atoms with Gasteiger partial charge >= 0.3 is 0 Å². The molecule has 2 saturated carbocycles. The van der Waals surface area contributed by atoms with Gasteiger partial charge in [0.25, 0.3) is 0 Å². The Hall–Kier alpha value is 0.870. The van der Waals surface area contributed by atoms with Gasteiger partial charge in [-0.05, 0) is 37.0 Å². The Morgan fingerprint density at radius 3 is 1.50 bits per heavy atom. The van der Waals surface area contributed by atoms with Gasteiger partial charge < -0.3 is 0 Å². The molecule has 0 aromatic heterocycles. The first kappa shape index (κ1) is 13.3. The maximum atomic E-state index is 5.47. The lowest BCUT2D eigenvalue weighted by molar-refractivity contribution is 0.488. The van der Waals surface area contributed by atoms with E-state index < -0.39 is 0 Å². The molecular formula is C13H23PS2. The Labute approximate surface area is 112 Å². The molecule has 0 spiro atoms. The van der Waals surface area contributed by atoms with Gasteiger partial charge in [0.1, 0.15) is 0 Å². The van der Waals surface area contributed by atoms with E-state index in [9.17, 15) is 0 Å². The zero-order valence-corrected chi connectivity index (χ0v) is 12.6. The van der Waals surface area contributed by atoms with Crippen LogP contribution >= 0.6 is 32.8 Å². The van der Waals surface area contributed by atoms with Crippen LogP contribution in [0.25, 0.3) is 0 Å². The third kappa shape index (κ3) is 3.43. The summed E-state index contributed by atoms with van der Waals surface area (Å²) < 4.78 is 1.08. The summed E-state index contributed by atoms with van der Waals surface area (Å²) in [6, 6.07) is 0. The molecule has 16 heavy (non-hydrogen) atoms. The van der Waals surface area contributed by atoms with Crippen LogP contribution in [-0.4, -0.2) is 15.3 Å². The van der Waals surface area contributed by atoms with Crippen LogP contribution in [0.5, 0.6) is 0 Å². The summed E-state index contributed by atoms with van der Waals surface area (Å²) in [5.74, 6) is 0. The van der Waals surface area contributed by atoms with E-state index in [0.717, 1.165) is 15.3 Å². The SMILES string of the molecule is S=C(S)P(C1CCCCC1)C1CCCCC1. The fraction of sp³-hybridized carbons (Fsp3) is 0.923. The van der Waals surface area contributed by atoms with E-state index in [4.69, 9.17) is 12.2 Å². The van der Waals surface area contributed by atoms with Gasteiger partial charge in [0, 0.05) is 0 Å². The largest absolute Gasteiger partial charge is 0.132 e. The second kappa shape index (κ2) is 6.71. The van der Waals surface area contributed by atoms with Gasteiger partial charge in [0.15, 0.2) is 0 Å². The van der Waals surface area contributed by atoms with Gasteiger partial charge in [-0.25, -0.2) is 0 Å². The van der Waals surface area contributed by atoms with Crippen molar-refractivity contribution in [3.63, 3.8) is 0 Å². The average molecular weight is 274 g/mol. The molecule has 0 saturated heterocycles. The van der Waals surface area contributed by atoms with Crippen LogP contribution in [0.3, 0.4) is 0 Å². The normalized spacial score (nSPS) is 24.9. The molecule has 2 fully saturated rings. The highest BCUT2D eigenvalue weighted by Gasteiger charge is 2.32. The minimum absolute atomic E-state index is 0.0603. The first-order chi connectivity index (χ1) is 7.79. The zero-order valence-electron chi connectivity index (χ0n) is 10.0. The molecule has 0 bridgehead atoms. The maximum Gasteiger partial charge on any atom is 0.0683 e. The average Bonchev–Trinajstić information content (AvgIpc) is 2.31. The minimum Gasteiger partial charge on any atom is -0.132 e. The van der Waals surface area contributed by atoms with Crippen molar-refractivity contribution in [3.05, 3.63) is 0 Å². The monoisotopic (exact) mass is 274 g/mol. The Morgan fingerprint density at radius 1 is 0.812 bits per heavy atom. The van der Waals surface area contributed by atoms with Crippen LogP contribution in [0.2, 0.25) is 0 Å². The van der Waals surface area contributed by atoms with Crippen LogP contribution in [0.15, 0.2) is 0 Å². The Balaban J connectivity index is 1.99. The lowest BCUT2D eigenvalue weighted by Gasteiger charge is -2.37. The summed E-state index contributed by atoms with van der Waals surface area (Å²) in [5, 5.41) is 0. The van der Waals surface area contributed by atoms with Gasteiger partial charge in [-0.15, -0.1) is 12.6 Å². The standard InChI is InChI=1S/C13H23PS2/c15-13(16)14(11-7-3-1-4-8-11)12-9-5-2-6-10-12/h11-12H,1-10H2,(H,15,16). The molecule has 0 atom stereocenters. The van der Waals surface area contributed by atoms with Crippen LogP contribution in [0.4, 0.5) is 0 Å². The summed E-state index contributed by atoms with van der Waals surface area (Å²) in [6.07, 6.45) is 14.4. The molecule has 0 unspecified atom stereocenters. The molecule has 3 heteroatoms. The fourth-order valence-corrected chi connectivity index (χ4v) is 8.27. The van der Waals surface area contributed by atoms with Crippen LogP contribution < -0.4 is 0 Å². The quantitative estimate of drug-likeness (QED) is 0.411. The van der Waals surface area contributed by atoms with Crippen molar-refractivity contribution < 1.29 is 0 Å². The Kier molecular flexibility index (Phi) is 5.58. The van der Waals surface area contributed by atoms with E-state index in [0.29, 0.717) is 0 Å². The molecule has 92 valence electrons. The smallest absolute Gasteiger partial charge is 0.0683 e. The number of hydrogen-bond donors (Lipinski definition) is 1. The van der Waals surface area contributed by atoms with Crippen molar-refractivity contribution in [2.45, 2.75) is 75.5 Å². The predicted octanol–water partition coefficient (Wildman–Crippen LogP) is 5.35. The Bertz CT molecular complexity index is 212. The van der Waals surface area contributed by atoms with Gasteiger partial charge in [-0.1, -0.05) is 58.7 Å². The highest BCUT2D eigenvalue weighted by molar-refractivity contribution is 8.27. The van der Waals surface area contributed by atoms with E-state index in [2.05, 4.69) is 12.6 Å². The van der Waals surface area contributed by atoms with Crippen molar-refractivity contribution in [2.75, 3.05) is 0 Å². The van der Waals surface area contributed by atoms with Gasteiger partial charge in [0.2, 0.25) is 0 Å². The third-order valence-corrected chi connectivity index (χ3v) is 8.53. The summed E-state index contributed by atoms with van der Waals surface area (Å²) >= 11 is 10.0. The number of rotatable bonds is 3. The first-order valence-electron chi connectivity index (χ1n) is 6.80. The molecule has 2 aliphatic rings. The third-order valence-electron chi connectivity index (χ3n) is 4.16. The van der Waals surface area contributed by atoms with Gasteiger partial charge in [-0.3, -0.25) is 0 Å². The first-order valence-corrected chi connectivity index (χ1v) is 9.14. The van der Waals surface area contributed by atoms with Crippen molar-refractivity contribution in [1.29, 1.82) is 0 Å². The highest BCUT2D eigenvalue weighted by Crippen LogP contribution is 2.57. The maximum absolute atomic E-state index is 5.47. The number of thiocarbonyl (C=S) groups is 1. The van der Waals surface area contributed by atoms with E-state index in [-0.39, 0.29) is 7.92 Å². The van der Waals surface area contributed by atoms with E-state index in [1.807, 2.05) is 0 Å². The molecule has 2 rings (SSSR count). The molecule has 0 heterocycles. The van der Waals surface area contributed by atoms with Crippen molar-refractivity contribution in [3.8, 4) is 0 Å². The second-order valence-electron chi connectivity index (χ2n) is 5.27. The predicted molar refractivity (Wildman–Crippen MR) is 82.3 cm³/mol. The van der Waals surface area contributed by atoms with Gasteiger partial charge in [-0.2, -0.15) is 0 Å². The molecule has 0 N–H and O–H groups in total. The summed E-state index contributed by atoms with van der Waals surface area (Å²) in [4.78, 5) is 0. The van der Waals surface area contributed by atoms with Crippen molar-refractivity contribution >= 4 is 36.7 Å². The zero-order chi connectivity index (χ0) is 11.4. The molecule has 0 radical (unpaired) electrons. The van der Waals surface area contributed by atoms with Crippen molar-refractivity contribution in [2.24, 2.45) is 0 Å². The molecule has 0 aromatic rings. The minimum atomic E-state index is -0.0603. The molecule has 0 nitrogen and oxygen atoms in total. The topological polar surface area (TPSA) is 0 Å². The summed E-state index contributed by atoms with van der Waals surface area (Å²) in [6.45, 7) is 0. The van der Waals surface area contributed by atoms with Gasteiger partial charge in [0.05, 0.1) is 3.94 Å². The van der Waals surface area contributed by atoms with E-state index in [1.165, 1.54) is 64.2 Å². The fourth-order valence-electron chi connectivity index (χ4n) is 3.33. The summed E-state index contributed by atoms with van der Waals surface area (Å²) in [7, 11) is -0.0603. The molecule has 0 amide bonds. The number of hydrogen-bond acceptors (Lipinski definition) is 1. The van der Waals surface area contributed by atoms with E-state index >= 15 is 0 Å². The molecule has 2 aliphatic carbocycles. The van der Waals surface area contributed by atoms with E-state index in [1.54, 1.807) is 0 Å².